The first kappa shape index (κ1) is 28.3. The molecule has 0 amide bonds. The predicted molar refractivity (Wildman–Crippen MR) is 194 cm³/mol. The van der Waals surface area contributed by atoms with Gasteiger partial charge in [0.25, 0.3) is 0 Å². The maximum absolute atomic E-state index is 2.46. The molecular weight excluding hydrogens is 540 g/mol. The third kappa shape index (κ3) is 6.42. The highest BCUT2D eigenvalue weighted by Gasteiger charge is 2.15. The number of hydrogen-bond donors (Lipinski definition) is 0. The van der Waals surface area contributed by atoms with Crippen LogP contribution in [0.15, 0.2) is 176 Å². The van der Waals surface area contributed by atoms with Gasteiger partial charge in [-0.05, 0) is 85.3 Å². The Kier molecular flexibility index (Phi) is 8.47. The van der Waals surface area contributed by atoms with E-state index in [1.54, 1.807) is 0 Å². The molecule has 0 spiro atoms. The van der Waals surface area contributed by atoms with Crippen LogP contribution in [0.4, 0.5) is 0 Å². The van der Waals surface area contributed by atoms with Crippen LogP contribution in [0.2, 0.25) is 0 Å². The van der Waals surface area contributed by atoms with E-state index >= 15 is 0 Å². The highest BCUT2D eigenvalue weighted by Crippen LogP contribution is 2.38. The van der Waals surface area contributed by atoms with E-state index in [1.165, 1.54) is 60.5 Å². The van der Waals surface area contributed by atoms with E-state index in [4.69, 9.17) is 0 Å². The van der Waals surface area contributed by atoms with Crippen molar-refractivity contribution in [1.82, 2.24) is 0 Å². The van der Waals surface area contributed by atoms with Crippen molar-refractivity contribution in [2.45, 2.75) is 12.8 Å². The van der Waals surface area contributed by atoms with E-state index in [9.17, 15) is 0 Å². The van der Waals surface area contributed by atoms with Crippen LogP contribution < -0.4 is 0 Å². The zero-order valence-electron chi connectivity index (χ0n) is 25.4. The molecule has 45 heavy (non-hydrogen) atoms. The molecule has 0 heterocycles. The normalized spacial score (nSPS) is 11.4. The fourth-order valence-corrected chi connectivity index (χ4v) is 6.52. The van der Waals surface area contributed by atoms with Crippen molar-refractivity contribution < 1.29 is 0 Å². The van der Waals surface area contributed by atoms with Crippen LogP contribution in [-0.2, 0) is 12.8 Å². The fraction of sp³-hybridized carbons (Fsp3) is 0.0667. The Morgan fingerprint density at radius 1 is 0.400 bits per heavy atom. The number of hydrogen-bond acceptors (Lipinski definition) is 0. The highest BCUT2D eigenvalue weighted by atomic mass is 14.2. The van der Waals surface area contributed by atoms with Crippen molar-refractivity contribution in [3.8, 4) is 0 Å². The van der Waals surface area contributed by atoms with Crippen molar-refractivity contribution in [2.75, 3.05) is 0 Å². The van der Waals surface area contributed by atoms with Gasteiger partial charge in [-0.2, -0.15) is 0 Å². The molecule has 0 saturated carbocycles. The first-order valence-electron chi connectivity index (χ1n) is 15.9. The zero-order chi connectivity index (χ0) is 30.3. The molecular formula is C45H36. The van der Waals surface area contributed by atoms with Gasteiger partial charge in [-0.25, -0.2) is 0 Å². The summed E-state index contributed by atoms with van der Waals surface area (Å²) in [7, 11) is 0. The van der Waals surface area contributed by atoms with Crippen molar-refractivity contribution >= 4 is 39.3 Å². The van der Waals surface area contributed by atoms with Gasteiger partial charge < -0.3 is 0 Å². The van der Waals surface area contributed by atoms with Gasteiger partial charge in [0.05, 0.1) is 0 Å². The Hall–Kier alpha value is -5.46. The minimum atomic E-state index is 0.347. The molecule has 0 aliphatic rings. The molecule has 0 aliphatic carbocycles. The van der Waals surface area contributed by atoms with Gasteiger partial charge in [-0.3, -0.25) is 0 Å². The Bertz CT molecular complexity index is 1990. The maximum atomic E-state index is 2.46. The molecule has 0 bridgehead atoms. The second kappa shape index (κ2) is 13.5. The van der Waals surface area contributed by atoms with E-state index in [2.05, 4.69) is 188 Å². The Balaban J connectivity index is 1.45. The summed E-state index contributed by atoms with van der Waals surface area (Å²) in [6.45, 7) is 0. The van der Waals surface area contributed by atoms with E-state index in [1.807, 2.05) is 0 Å². The lowest BCUT2D eigenvalue weighted by Crippen LogP contribution is -2.05. The van der Waals surface area contributed by atoms with Gasteiger partial charge in [0.15, 0.2) is 0 Å². The van der Waals surface area contributed by atoms with Crippen molar-refractivity contribution in [1.29, 1.82) is 0 Å². The zero-order valence-corrected chi connectivity index (χ0v) is 25.4. The average molecular weight is 577 g/mol. The predicted octanol–water partition coefficient (Wildman–Crippen LogP) is 11.7. The molecule has 0 N–H and O–H groups in total. The lowest BCUT2D eigenvalue weighted by Gasteiger charge is -2.17. The first-order chi connectivity index (χ1) is 22.3. The summed E-state index contributed by atoms with van der Waals surface area (Å²) < 4.78 is 0. The van der Waals surface area contributed by atoms with Gasteiger partial charge in [-0.1, -0.05) is 182 Å². The van der Waals surface area contributed by atoms with Crippen LogP contribution in [-0.4, -0.2) is 0 Å². The smallest absolute Gasteiger partial charge is 0.00927 e. The van der Waals surface area contributed by atoms with Gasteiger partial charge in [0.2, 0.25) is 0 Å². The number of benzene rings is 7. The molecule has 0 fully saturated rings. The number of fused-ring (bicyclic) bond motifs is 3. The molecule has 0 atom stereocenters. The molecule has 0 aromatic heterocycles. The topological polar surface area (TPSA) is 0 Å². The molecule has 7 aromatic carbocycles. The third-order valence-corrected chi connectivity index (χ3v) is 8.69. The molecule has 0 saturated heterocycles. The van der Waals surface area contributed by atoms with Crippen LogP contribution in [0.5, 0.6) is 0 Å². The quantitative estimate of drug-likeness (QED) is 0.118. The summed E-state index contributed by atoms with van der Waals surface area (Å²) in [5, 5.41) is 5.11. The van der Waals surface area contributed by atoms with Crippen LogP contribution in [0.25, 0.3) is 39.3 Å². The first-order valence-corrected chi connectivity index (χ1v) is 15.9. The van der Waals surface area contributed by atoms with Crippen LogP contribution in [0.3, 0.4) is 0 Å². The number of allylic oxidation sites excluding steroid dienone is 1. The second-order valence-electron chi connectivity index (χ2n) is 11.7. The summed E-state index contributed by atoms with van der Waals surface area (Å²) in [6.07, 6.45) is 9.26. The Morgan fingerprint density at radius 3 is 1.24 bits per heavy atom. The minimum Gasteiger partial charge on any atom is -0.0801 e. The molecule has 7 aromatic rings. The SMILES string of the molecule is C(=C(c1ccccc1)c1ccccc1)c1c(/C=C/C(Cc2ccccc2)Cc2ccccc2)c2ccccc2c2ccccc12. The van der Waals surface area contributed by atoms with E-state index in [-0.39, 0.29) is 0 Å². The highest BCUT2D eigenvalue weighted by molar-refractivity contribution is 6.16. The maximum Gasteiger partial charge on any atom is -0.00927 e. The monoisotopic (exact) mass is 576 g/mol. The summed E-state index contributed by atoms with van der Waals surface area (Å²) in [6, 6.07) is 61.1. The second-order valence-corrected chi connectivity index (χ2v) is 11.7. The summed E-state index contributed by atoms with van der Waals surface area (Å²) in [5.74, 6) is 0.347. The van der Waals surface area contributed by atoms with Gasteiger partial charge in [0.1, 0.15) is 0 Å². The molecule has 0 unspecified atom stereocenters. The van der Waals surface area contributed by atoms with E-state index in [0.717, 1.165) is 12.8 Å². The average Bonchev–Trinajstić information content (AvgIpc) is 3.11. The molecule has 0 heteroatoms. The lowest BCUT2D eigenvalue weighted by atomic mass is 9.86. The molecule has 0 radical (unpaired) electrons. The Morgan fingerprint density at radius 2 is 0.778 bits per heavy atom. The third-order valence-electron chi connectivity index (χ3n) is 8.69. The summed E-state index contributed by atoms with van der Waals surface area (Å²) >= 11 is 0. The molecule has 7 rings (SSSR count). The fourth-order valence-electron chi connectivity index (χ4n) is 6.52. The molecule has 0 aliphatic heterocycles. The van der Waals surface area contributed by atoms with Crippen molar-refractivity contribution in [3.63, 3.8) is 0 Å². The standard InChI is InChI=1S/C45H36/c1-5-17-34(18-6-1)31-36(32-35-19-7-2-8-20-35)29-30-43-41-27-14-13-25-39(41)40-26-15-16-28-42(40)45(43)33-44(37-21-9-3-10-22-37)38-23-11-4-12-24-38/h1-30,33,36H,31-32H2/b30-29+. The summed E-state index contributed by atoms with van der Waals surface area (Å²) in [5.41, 5.74) is 8.88. The summed E-state index contributed by atoms with van der Waals surface area (Å²) in [4.78, 5) is 0. The van der Waals surface area contributed by atoms with Gasteiger partial charge in [0, 0.05) is 0 Å². The molecule has 0 nitrogen and oxygen atoms in total. The Labute approximate surface area is 266 Å². The van der Waals surface area contributed by atoms with Crippen molar-refractivity contribution in [3.05, 3.63) is 209 Å². The van der Waals surface area contributed by atoms with Crippen LogP contribution >= 0.6 is 0 Å². The van der Waals surface area contributed by atoms with Crippen LogP contribution in [0, 0.1) is 5.92 Å². The minimum absolute atomic E-state index is 0.347. The van der Waals surface area contributed by atoms with Crippen LogP contribution in [0.1, 0.15) is 33.4 Å². The van der Waals surface area contributed by atoms with E-state index < -0.39 is 0 Å². The lowest BCUT2D eigenvalue weighted by molar-refractivity contribution is 0.647. The molecule has 216 valence electrons. The van der Waals surface area contributed by atoms with Crippen molar-refractivity contribution in [2.24, 2.45) is 5.92 Å². The van der Waals surface area contributed by atoms with Gasteiger partial charge in [-0.15, -0.1) is 0 Å². The van der Waals surface area contributed by atoms with E-state index in [0.29, 0.717) is 5.92 Å². The van der Waals surface area contributed by atoms with Gasteiger partial charge >= 0.3 is 0 Å². The largest absolute Gasteiger partial charge is 0.0801 e. The number of rotatable bonds is 9.